The zero-order chi connectivity index (χ0) is 9.36. The molecule has 78 valence electrons. The van der Waals surface area contributed by atoms with Crippen LogP contribution in [-0.2, 0) is 14.2 Å². The van der Waals surface area contributed by atoms with Crippen molar-refractivity contribution in [1.29, 1.82) is 0 Å². The summed E-state index contributed by atoms with van der Waals surface area (Å²) in [6, 6.07) is 0. The van der Waals surface area contributed by atoms with Crippen LogP contribution in [0.5, 0.6) is 0 Å². The van der Waals surface area contributed by atoms with Crippen molar-refractivity contribution < 1.29 is 14.2 Å². The maximum atomic E-state index is 5.66. The lowest BCUT2D eigenvalue weighted by atomic mass is 10.2. The van der Waals surface area contributed by atoms with E-state index in [-0.39, 0.29) is 0 Å². The van der Waals surface area contributed by atoms with Gasteiger partial charge in [0, 0.05) is 6.42 Å². The normalized spacial score (nSPS) is 48.8. The Kier molecular flexibility index (Phi) is 2.57. The summed E-state index contributed by atoms with van der Waals surface area (Å²) in [5.41, 5.74) is 0. The summed E-state index contributed by atoms with van der Waals surface area (Å²) in [4.78, 5) is 0. The predicted octanol–water partition coefficient (Wildman–Crippen LogP) is 2.21. The Morgan fingerprint density at radius 1 is 1.15 bits per heavy atom. The summed E-state index contributed by atoms with van der Waals surface area (Å²) >= 11 is 0. The molecule has 0 aromatic heterocycles. The van der Waals surface area contributed by atoms with Crippen molar-refractivity contribution in [3.05, 3.63) is 0 Å². The van der Waals surface area contributed by atoms with Crippen molar-refractivity contribution in [1.82, 2.24) is 0 Å². The molecular formula is C9H18O3S. The fraction of sp³-hybridized carbons (Fsp3) is 1.00. The molecule has 0 N–H and O–H groups in total. The van der Waals surface area contributed by atoms with Crippen molar-refractivity contribution in [2.45, 2.75) is 32.2 Å². The Bertz CT molecular complexity index is 165. The zero-order valence-electron chi connectivity index (χ0n) is 8.38. The van der Waals surface area contributed by atoms with Crippen LogP contribution >= 0.6 is 10.0 Å². The summed E-state index contributed by atoms with van der Waals surface area (Å²) in [5.74, 6) is 1.91. The molecule has 3 rings (SSSR count). The quantitative estimate of drug-likeness (QED) is 0.708. The van der Waals surface area contributed by atoms with Crippen LogP contribution in [0.3, 0.4) is 0 Å². The largest absolute Gasteiger partial charge is 0.318 e. The average Bonchev–Trinajstić information content (AvgIpc) is 2.18. The number of rotatable bonds is 3. The maximum absolute atomic E-state index is 5.66. The van der Waals surface area contributed by atoms with Crippen molar-refractivity contribution in [2.75, 3.05) is 24.1 Å². The number of hydrogen-bond acceptors (Lipinski definition) is 3. The minimum Gasteiger partial charge on any atom is -0.318 e. The Morgan fingerprint density at radius 2 is 1.69 bits per heavy atom. The molecule has 2 bridgehead atoms. The highest BCUT2D eigenvalue weighted by molar-refractivity contribution is 8.32. The molecule has 3 nitrogen and oxygen atoms in total. The molecule has 0 radical (unpaired) electrons. The second-order valence-electron chi connectivity index (χ2n) is 4.05. The molecule has 3 fully saturated rings. The van der Waals surface area contributed by atoms with Gasteiger partial charge in [-0.25, -0.2) is 0 Å². The average molecular weight is 206 g/mol. The number of ether oxygens (including phenoxy) is 3. The summed E-state index contributed by atoms with van der Waals surface area (Å²) in [7, 11) is -0.742. The highest BCUT2D eigenvalue weighted by Gasteiger charge is 2.47. The predicted molar refractivity (Wildman–Crippen MR) is 53.6 cm³/mol. The van der Waals surface area contributed by atoms with Gasteiger partial charge >= 0.3 is 0 Å². The molecule has 0 atom stereocenters. The van der Waals surface area contributed by atoms with Crippen LogP contribution < -0.4 is 0 Å². The van der Waals surface area contributed by atoms with E-state index in [9.17, 15) is 0 Å². The van der Waals surface area contributed by atoms with E-state index in [1.807, 2.05) is 0 Å². The van der Waals surface area contributed by atoms with E-state index in [0.29, 0.717) is 0 Å². The van der Waals surface area contributed by atoms with E-state index in [2.05, 4.69) is 13.2 Å². The molecule has 0 aromatic rings. The minimum absolute atomic E-state index is 0.666. The van der Waals surface area contributed by atoms with Gasteiger partial charge in [0.25, 0.3) is 5.97 Å². The van der Waals surface area contributed by atoms with Gasteiger partial charge in [0.2, 0.25) is 0 Å². The van der Waals surface area contributed by atoms with Gasteiger partial charge in [-0.2, -0.15) is 10.0 Å². The van der Waals surface area contributed by atoms with Crippen LogP contribution in [-0.4, -0.2) is 30.0 Å². The van der Waals surface area contributed by atoms with Gasteiger partial charge in [0.15, 0.2) is 0 Å². The van der Waals surface area contributed by atoms with Gasteiger partial charge < -0.3 is 14.2 Å². The van der Waals surface area contributed by atoms with E-state index in [4.69, 9.17) is 14.2 Å². The molecule has 0 unspecified atom stereocenters. The van der Waals surface area contributed by atoms with E-state index in [0.717, 1.165) is 37.1 Å². The summed E-state index contributed by atoms with van der Waals surface area (Å²) < 4.78 is 17.0. The Balaban J connectivity index is 1.95. The lowest BCUT2D eigenvalue weighted by molar-refractivity contribution is -0.383. The first-order chi connectivity index (χ1) is 6.18. The van der Waals surface area contributed by atoms with Gasteiger partial charge in [-0.05, 0) is 12.7 Å². The highest BCUT2D eigenvalue weighted by atomic mass is 32.3. The highest BCUT2D eigenvalue weighted by Crippen LogP contribution is 2.55. The van der Waals surface area contributed by atoms with Crippen LogP contribution in [0.15, 0.2) is 0 Å². The fourth-order valence-electron chi connectivity index (χ4n) is 1.53. The maximum Gasteiger partial charge on any atom is 0.285 e. The molecular weight excluding hydrogens is 188 g/mol. The molecule has 4 heteroatoms. The van der Waals surface area contributed by atoms with Crippen LogP contribution in [0, 0.1) is 0 Å². The molecule has 0 aliphatic carbocycles. The minimum atomic E-state index is -0.742. The van der Waals surface area contributed by atoms with Crippen molar-refractivity contribution in [2.24, 2.45) is 0 Å². The Hall–Kier alpha value is 0.230. The SMILES string of the molecule is CCCCC12OCS(C)(CO1)CO2. The second-order valence-corrected chi connectivity index (χ2v) is 7.72. The molecule has 0 saturated carbocycles. The summed E-state index contributed by atoms with van der Waals surface area (Å²) in [6.45, 7) is 2.16. The standard InChI is InChI=1S/C9H18O3S/c1-3-4-5-9-10-6-13(2,7-11-9)8-12-9/h3-8H2,1-2H3. The Morgan fingerprint density at radius 3 is 2.15 bits per heavy atom. The lowest BCUT2D eigenvalue weighted by Crippen LogP contribution is -2.51. The smallest absolute Gasteiger partial charge is 0.285 e. The van der Waals surface area contributed by atoms with Crippen molar-refractivity contribution >= 4 is 10.0 Å². The van der Waals surface area contributed by atoms with Crippen LogP contribution in [0.2, 0.25) is 0 Å². The van der Waals surface area contributed by atoms with Crippen LogP contribution in [0.4, 0.5) is 0 Å². The fourth-order valence-corrected chi connectivity index (χ4v) is 3.13. The van der Waals surface area contributed by atoms with Gasteiger partial charge in [0.1, 0.15) is 0 Å². The van der Waals surface area contributed by atoms with Crippen molar-refractivity contribution in [3.8, 4) is 0 Å². The van der Waals surface area contributed by atoms with Gasteiger partial charge in [-0.1, -0.05) is 13.3 Å². The monoisotopic (exact) mass is 206 g/mol. The first kappa shape index (κ1) is 9.77. The summed E-state index contributed by atoms with van der Waals surface area (Å²) in [6.07, 6.45) is 5.35. The molecule has 0 spiro atoms. The summed E-state index contributed by atoms with van der Waals surface area (Å²) in [5, 5.41) is 0. The molecule has 3 aliphatic heterocycles. The second kappa shape index (κ2) is 3.42. The molecule has 13 heavy (non-hydrogen) atoms. The van der Waals surface area contributed by atoms with Crippen LogP contribution in [0.25, 0.3) is 0 Å². The van der Waals surface area contributed by atoms with Gasteiger partial charge in [-0.3, -0.25) is 0 Å². The number of fused-ring (bicyclic) bond motifs is 3. The molecule has 3 aliphatic rings. The van der Waals surface area contributed by atoms with E-state index in [1.165, 1.54) is 0 Å². The molecule has 3 saturated heterocycles. The van der Waals surface area contributed by atoms with E-state index < -0.39 is 16.0 Å². The van der Waals surface area contributed by atoms with E-state index in [1.54, 1.807) is 0 Å². The lowest BCUT2D eigenvalue weighted by Gasteiger charge is -2.53. The molecule has 0 aromatic carbocycles. The Labute approximate surface area is 81.0 Å². The topological polar surface area (TPSA) is 27.7 Å². The molecule has 3 heterocycles. The van der Waals surface area contributed by atoms with E-state index >= 15 is 0 Å². The van der Waals surface area contributed by atoms with Gasteiger partial charge in [-0.15, -0.1) is 0 Å². The third-order valence-electron chi connectivity index (χ3n) is 2.53. The number of hydrogen-bond donors (Lipinski definition) is 0. The zero-order valence-corrected chi connectivity index (χ0v) is 9.19. The van der Waals surface area contributed by atoms with Crippen molar-refractivity contribution in [3.63, 3.8) is 0 Å². The third kappa shape index (κ3) is 1.86. The first-order valence-corrected chi connectivity index (χ1v) is 7.36. The first-order valence-electron chi connectivity index (χ1n) is 4.81. The van der Waals surface area contributed by atoms with Gasteiger partial charge in [0.05, 0.1) is 17.8 Å². The third-order valence-corrected chi connectivity index (χ3v) is 4.59. The number of unbranched alkanes of at least 4 members (excludes halogenated alkanes) is 1. The van der Waals surface area contributed by atoms with Crippen LogP contribution in [0.1, 0.15) is 26.2 Å². The molecule has 0 amide bonds.